The highest BCUT2D eigenvalue weighted by molar-refractivity contribution is 7.89. The summed E-state index contributed by atoms with van der Waals surface area (Å²) in [5.41, 5.74) is 2.57. The quantitative estimate of drug-likeness (QED) is 0.746. The van der Waals surface area contributed by atoms with E-state index in [4.69, 9.17) is 5.14 Å². The molecule has 1 amide bonds. The molecule has 2 aromatic rings. The van der Waals surface area contributed by atoms with Crippen LogP contribution in [0.4, 0.5) is 11.4 Å². The smallest absolute Gasteiger partial charge is 0.246 e. The first-order chi connectivity index (χ1) is 11.3. The lowest BCUT2D eigenvalue weighted by Crippen LogP contribution is -2.31. The highest BCUT2D eigenvalue weighted by Gasteiger charge is 2.14. The molecule has 0 spiro atoms. The van der Waals surface area contributed by atoms with Gasteiger partial charge < -0.3 is 10.6 Å². The van der Waals surface area contributed by atoms with Crippen LogP contribution in [0.25, 0.3) is 0 Å². The van der Waals surface area contributed by atoms with E-state index < -0.39 is 16.1 Å². The van der Waals surface area contributed by atoms with E-state index in [2.05, 4.69) is 17.6 Å². The summed E-state index contributed by atoms with van der Waals surface area (Å²) in [5.74, 6) is -0.222. The Kier molecular flexibility index (Phi) is 5.58. The molecular formula is C17H21N3O3S. The Balaban J connectivity index is 2.00. The van der Waals surface area contributed by atoms with Crippen LogP contribution in [-0.2, 0) is 21.2 Å². The Morgan fingerprint density at radius 3 is 2.38 bits per heavy atom. The topological polar surface area (TPSA) is 101 Å². The highest BCUT2D eigenvalue weighted by atomic mass is 32.2. The molecule has 2 rings (SSSR count). The van der Waals surface area contributed by atoms with Gasteiger partial charge >= 0.3 is 0 Å². The fourth-order valence-corrected chi connectivity index (χ4v) is 2.69. The standard InChI is InChI=1S/C17H21N3O3S/c1-3-13-5-4-6-15(11-13)19-12(2)17(21)20-14-7-9-16(10-8-14)24(18,22)23/h4-12,19H,3H2,1-2H3,(H,20,21)(H2,18,22,23)/t12-/m1/s1. The lowest BCUT2D eigenvalue weighted by Gasteiger charge is -2.16. The van der Waals surface area contributed by atoms with E-state index in [1.165, 1.54) is 29.8 Å². The number of nitrogens with one attached hydrogen (secondary N) is 2. The van der Waals surface area contributed by atoms with Crippen molar-refractivity contribution in [3.8, 4) is 0 Å². The second-order valence-corrected chi connectivity index (χ2v) is 7.04. The normalized spacial score (nSPS) is 12.5. The monoisotopic (exact) mass is 347 g/mol. The van der Waals surface area contributed by atoms with Crippen molar-refractivity contribution in [1.82, 2.24) is 0 Å². The molecule has 2 aromatic carbocycles. The summed E-state index contributed by atoms with van der Waals surface area (Å²) in [6.07, 6.45) is 0.923. The number of hydrogen-bond acceptors (Lipinski definition) is 4. The number of primary sulfonamides is 1. The Morgan fingerprint density at radius 2 is 1.79 bits per heavy atom. The predicted molar refractivity (Wildman–Crippen MR) is 95.3 cm³/mol. The molecule has 4 N–H and O–H groups in total. The van der Waals surface area contributed by atoms with Crippen LogP contribution < -0.4 is 15.8 Å². The number of sulfonamides is 1. The largest absolute Gasteiger partial charge is 0.374 e. The molecule has 0 fully saturated rings. The molecule has 0 aromatic heterocycles. The maximum atomic E-state index is 12.2. The first-order valence-electron chi connectivity index (χ1n) is 7.59. The number of carbonyl (C=O) groups is 1. The summed E-state index contributed by atoms with van der Waals surface area (Å²) in [6.45, 7) is 3.83. The van der Waals surface area contributed by atoms with E-state index in [1.807, 2.05) is 24.3 Å². The van der Waals surface area contributed by atoms with Crippen LogP contribution >= 0.6 is 0 Å². The van der Waals surface area contributed by atoms with Crippen LogP contribution in [0.3, 0.4) is 0 Å². The third-order valence-corrected chi connectivity index (χ3v) is 4.49. The van der Waals surface area contributed by atoms with Crippen LogP contribution in [0, 0.1) is 0 Å². The van der Waals surface area contributed by atoms with Gasteiger partial charge in [-0.25, -0.2) is 13.6 Å². The molecule has 128 valence electrons. The summed E-state index contributed by atoms with van der Waals surface area (Å²) in [6, 6.07) is 13.1. The molecule has 0 saturated carbocycles. The summed E-state index contributed by atoms with van der Waals surface area (Å²) in [7, 11) is -3.74. The van der Waals surface area contributed by atoms with Crippen molar-refractivity contribution in [2.24, 2.45) is 5.14 Å². The molecule has 1 atom stereocenters. The third-order valence-electron chi connectivity index (χ3n) is 3.56. The zero-order valence-corrected chi connectivity index (χ0v) is 14.4. The first kappa shape index (κ1) is 18.0. The van der Waals surface area contributed by atoms with Crippen LogP contribution in [0.1, 0.15) is 19.4 Å². The average Bonchev–Trinajstić information content (AvgIpc) is 2.54. The predicted octanol–water partition coefficient (Wildman–Crippen LogP) is 2.34. The number of amides is 1. The SMILES string of the molecule is CCc1cccc(N[C@H](C)C(=O)Nc2ccc(S(N)(=O)=O)cc2)c1. The van der Waals surface area contributed by atoms with Crippen LogP contribution in [0.5, 0.6) is 0 Å². The van der Waals surface area contributed by atoms with Gasteiger partial charge in [0.2, 0.25) is 15.9 Å². The molecule has 0 heterocycles. The van der Waals surface area contributed by atoms with Crippen LogP contribution in [-0.4, -0.2) is 20.4 Å². The number of aryl methyl sites for hydroxylation is 1. The summed E-state index contributed by atoms with van der Waals surface area (Å²) in [4.78, 5) is 12.2. The molecule has 0 aliphatic carbocycles. The van der Waals surface area contributed by atoms with Gasteiger partial charge in [0.25, 0.3) is 0 Å². The lowest BCUT2D eigenvalue weighted by atomic mass is 10.1. The Morgan fingerprint density at radius 1 is 1.12 bits per heavy atom. The maximum absolute atomic E-state index is 12.2. The molecule has 0 radical (unpaired) electrons. The number of carbonyl (C=O) groups excluding carboxylic acids is 1. The molecule has 0 aliphatic rings. The van der Waals surface area contributed by atoms with Crippen LogP contribution in [0.2, 0.25) is 0 Å². The maximum Gasteiger partial charge on any atom is 0.246 e. The van der Waals surface area contributed by atoms with Crippen LogP contribution in [0.15, 0.2) is 53.4 Å². The first-order valence-corrected chi connectivity index (χ1v) is 9.13. The summed E-state index contributed by atoms with van der Waals surface area (Å²) >= 11 is 0. The highest BCUT2D eigenvalue weighted by Crippen LogP contribution is 2.15. The minimum atomic E-state index is -3.74. The molecule has 0 bridgehead atoms. The third kappa shape index (κ3) is 4.81. The zero-order chi connectivity index (χ0) is 17.7. The van der Waals surface area contributed by atoms with Crippen molar-refractivity contribution in [2.75, 3.05) is 10.6 Å². The lowest BCUT2D eigenvalue weighted by molar-refractivity contribution is -0.116. The van der Waals surface area contributed by atoms with Crippen molar-refractivity contribution < 1.29 is 13.2 Å². The van der Waals surface area contributed by atoms with Gasteiger partial charge in [0.05, 0.1) is 4.90 Å². The van der Waals surface area contributed by atoms with E-state index in [0.717, 1.165) is 12.1 Å². The fraction of sp³-hybridized carbons (Fsp3) is 0.235. The van der Waals surface area contributed by atoms with Gasteiger partial charge in [-0.05, 0) is 55.3 Å². The van der Waals surface area contributed by atoms with Crippen molar-refractivity contribution >= 4 is 27.3 Å². The van der Waals surface area contributed by atoms with Gasteiger partial charge in [0.1, 0.15) is 6.04 Å². The van der Waals surface area contributed by atoms with E-state index in [0.29, 0.717) is 5.69 Å². The molecule has 6 nitrogen and oxygen atoms in total. The van der Waals surface area contributed by atoms with E-state index in [1.54, 1.807) is 6.92 Å². The number of rotatable bonds is 6. The molecule has 0 unspecified atom stereocenters. The summed E-state index contributed by atoms with van der Waals surface area (Å²) < 4.78 is 22.4. The minimum absolute atomic E-state index is 0.00283. The van der Waals surface area contributed by atoms with E-state index in [-0.39, 0.29) is 10.8 Å². The average molecular weight is 347 g/mol. The number of benzene rings is 2. The van der Waals surface area contributed by atoms with Crippen molar-refractivity contribution in [3.05, 3.63) is 54.1 Å². The van der Waals surface area contributed by atoms with Crippen molar-refractivity contribution in [2.45, 2.75) is 31.2 Å². The zero-order valence-electron chi connectivity index (χ0n) is 13.6. The van der Waals surface area contributed by atoms with Gasteiger partial charge in [-0.2, -0.15) is 0 Å². The number of anilines is 2. The number of nitrogens with two attached hydrogens (primary N) is 1. The Labute approximate surface area is 142 Å². The van der Waals surface area contributed by atoms with Gasteiger partial charge in [-0.1, -0.05) is 19.1 Å². The second-order valence-electron chi connectivity index (χ2n) is 5.48. The van der Waals surface area contributed by atoms with Gasteiger partial charge in [0.15, 0.2) is 0 Å². The minimum Gasteiger partial charge on any atom is -0.374 e. The van der Waals surface area contributed by atoms with E-state index in [9.17, 15) is 13.2 Å². The second kappa shape index (κ2) is 7.46. The molecule has 7 heteroatoms. The van der Waals surface area contributed by atoms with Gasteiger partial charge in [0, 0.05) is 11.4 Å². The molecular weight excluding hydrogens is 326 g/mol. The molecule has 0 saturated heterocycles. The number of hydrogen-bond donors (Lipinski definition) is 3. The van der Waals surface area contributed by atoms with Gasteiger partial charge in [-0.3, -0.25) is 4.79 Å². The summed E-state index contributed by atoms with van der Waals surface area (Å²) in [5, 5.41) is 10.9. The van der Waals surface area contributed by atoms with E-state index >= 15 is 0 Å². The molecule has 0 aliphatic heterocycles. The molecule has 24 heavy (non-hydrogen) atoms. The fourth-order valence-electron chi connectivity index (χ4n) is 2.18. The van der Waals surface area contributed by atoms with Crippen molar-refractivity contribution in [3.63, 3.8) is 0 Å². The van der Waals surface area contributed by atoms with Gasteiger partial charge in [-0.15, -0.1) is 0 Å². The van der Waals surface area contributed by atoms with Crippen molar-refractivity contribution in [1.29, 1.82) is 0 Å². The Bertz CT molecular complexity index is 817. The Hall–Kier alpha value is -2.38.